The molecule has 0 radical (unpaired) electrons. The van der Waals surface area contributed by atoms with E-state index in [0.29, 0.717) is 0 Å². The van der Waals surface area contributed by atoms with Gasteiger partial charge in [0, 0.05) is 11.8 Å². The van der Waals surface area contributed by atoms with Crippen molar-refractivity contribution >= 4 is 11.6 Å². The minimum Gasteiger partial charge on any atom is -0.381 e. The zero-order valence-electron chi connectivity index (χ0n) is 6.31. The zero-order valence-corrected chi connectivity index (χ0v) is 7.07. The second-order valence-electron chi connectivity index (χ2n) is 2.94. The molecule has 0 saturated carbocycles. The number of rotatable bonds is 5. The molecule has 0 aliphatic carbocycles. The molecular formula is C8H15ClO. The van der Waals surface area contributed by atoms with E-state index in [1.807, 2.05) is 0 Å². The van der Waals surface area contributed by atoms with Crippen LogP contribution in [-0.2, 0) is 4.74 Å². The van der Waals surface area contributed by atoms with E-state index >= 15 is 0 Å². The van der Waals surface area contributed by atoms with Crippen molar-refractivity contribution in [2.75, 3.05) is 19.1 Å². The second-order valence-corrected chi connectivity index (χ2v) is 3.32. The highest BCUT2D eigenvalue weighted by Crippen LogP contribution is 2.17. The molecule has 0 aromatic carbocycles. The van der Waals surface area contributed by atoms with Crippen molar-refractivity contribution < 1.29 is 4.74 Å². The number of halogens is 1. The summed E-state index contributed by atoms with van der Waals surface area (Å²) < 4.78 is 5.07. The molecule has 1 aliphatic heterocycles. The maximum atomic E-state index is 5.54. The summed E-state index contributed by atoms with van der Waals surface area (Å²) in [4.78, 5) is 0. The van der Waals surface area contributed by atoms with Gasteiger partial charge < -0.3 is 4.74 Å². The SMILES string of the molecule is ClCCCCCC1COC1. The molecule has 0 spiro atoms. The van der Waals surface area contributed by atoms with Gasteiger partial charge in [-0.2, -0.15) is 0 Å². The van der Waals surface area contributed by atoms with Gasteiger partial charge in [0.15, 0.2) is 0 Å². The summed E-state index contributed by atoms with van der Waals surface area (Å²) in [5.74, 6) is 1.69. The monoisotopic (exact) mass is 162 g/mol. The molecule has 0 unspecified atom stereocenters. The van der Waals surface area contributed by atoms with E-state index in [1.165, 1.54) is 25.7 Å². The molecule has 2 heteroatoms. The van der Waals surface area contributed by atoms with Crippen LogP contribution in [-0.4, -0.2) is 19.1 Å². The topological polar surface area (TPSA) is 9.23 Å². The summed E-state index contributed by atoms with van der Waals surface area (Å²) in [5, 5.41) is 0. The molecule has 1 heterocycles. The average Bonchev–Trinajstić information content (AvgIpc) is 1.84. The lowest BCUT2D eigenvalue weighted by Gasteiger charge is -2.25. The fraction of sp³-hybridized carbons (Fsp3) is 1.00. The predicted octanol–water partition coefficient (Wildman–Crippen LogP) is 2.43. The molecule has 0 aromatic rings. The highest BCUT2D eigenvalue weighted by molar-refractivity contribution is 6.17. The molecule has 10 heavy (non-hydrogen) atoms. The molecular weight excluding hydrogens is 148 g/mol. The van der Waals surface area contributed by atoms with Crippen LogP contribution in [0.3, 0.4) is 0 Å². The third kappa shape index (κ3) is 2.89. The molecule has 1 fully saturated rings. The van der Waals surface area contributed by atoms with Crippen molar-refractivity contribution in [2.45, 2.75) is 25.7 Å². The molecule has 1 saturated heterocycles. The van der Waals surface area contributed by atoms with Crippen LogP contribution in [0, 0.1) is 5.92 Å². The van der Waals surface area contributed by atoms with E-state index in [9.17, 15) is 0 Å². The highest BCUT2D eigenvalue weighted by Gasteiger charge is 2.16. The van der Waals surface area contributed by atoms with Gasteiger partial charge in [-0.05, 0) is 12.8 Å². The van der Waals surface area contributed by atoms with Crippen LogP contribution in [0.25, 0.3) is 0 Å². The number of alkyl halides is 1. The van der Waals surface area contributed by atoms with Crippen LogP contribution in [0.1, 0.15) is 25.7 Å². The van der Waals surface area contributed by atoms with E-state index < -0.39 is 0 Å². The summed E-state index contributed by atoms with van der Waals surface area (Å²) >= 11 is 5.54. The molecule has 60 valence electrons. The van der Waals surface area contributed by atoms with Gasteiger partial charge in [-0.15, -0.1) is 11.6 Å². The van der Waals surface area contributed by atoms with Gasteiger partial charge >= 0.3 is 0 Å². The number of hydrogen-bond donors (Lipinski definition) is 0. The number of ether oxygens (including phenoxy) is 1. The van der Waals surface area contributed by atoms with Gasteiger partial charge in [0.2, 0.25) is 0 Å². The second kappa shape index (κ2) is 4.97. The smallest absolute Gasteiger partial charge is 0.0516 e. The summed E-state index contributed by atoms with van der Waals surface area (Å²) in [6, 6.07) is 0. The molecule has 0 N–H and O–H groups in total. The first-order valence-corrected chi connectivity index (χ1v) is 4.60. The van der Waals surface area contributed by atoms with Crippen LogP contribution in [0.5, 0.6) is 0 Å². The Labute approximate surface area is 67.7 Å². The highest BCUT2D eigenvalue weighted by atomic mass is 35.5. The summed E-state index contributed by atoms with van der Waals surface area (Å²) in [6.07, 6.45) is 5.15. The largest absolute Gasteiger partial charge is 0.381 e. The van der Waals surface area contributed by atoms with Gasteiger partial charge in [0.05, 0.1) is 13.2 Å². The number of unbranched alkanes of at least 4 members (excludes halogenated alkanes) is 2. The van der Waals surface area contributed by atoms with E-state index in [0.717, 1.165) is 25.0 Å². The fourth-order valence-electron chi connectivity index (χ4n) is 1.16. The molecule has 0 bridgehead atoms. The molecule has 0 amide bonds. The number of hydrogen-bond acceptors (Lipinski definition) is 1. The maximum absolute atomic E-state index is 5.54. The van der Waals surface area contributed by atoms with E-state index in [4.69, 9.17) is 16.3 Å². The third-order valence-corrected chi connectivity index (χ3v) is 2.22. The normalized spacial score (nSPS) is 18.9. The maximum Gasteiger partial charge on any atom is 0.0516 e. The van der Waals surface area contributed by atoms with Crippen molar-refractivity contribution in [1.82, 2.24) is 0 Å². The quantitative estimate of drug-likeness (QED) is 0.446. The Morgan fingerprint density at radius 2 is 2.00 bits per heavy atom. The van der Waals surface area contributed by atoms with Gasteiger partial charge in [0.25, 0.3) is 0 Å². The van der Waals surface area contributed by atoms with Crippen molar-refractivity contribution in [2.24, 2.45) is 5.92 Å². The van der Waals surface area contributed by atoms with Crippen LogP contribution in [0.15, 0.2) is 0 Å². The Hall–Kier alpha value is 0.250. The zero-order chi connectivity index (χ0) is 7.23. The van der Waals surface area contributed by atoms with E-state index in [1.54, 1.807) is 0 Å². The van der Waals surface area contributed by atoms with Crippen LogP contribution in [0.4, 0.5) is 0 Å². The van der Waals surface area contributed by atoms with Crippen molar-refractivity contribution in [3.63, 3.8) is 0 Å². The molecule has 1 rings (SSSR count). The average molecular weight is 163 g/mol. The van der Waals surface area contributed by atoms with Crippen LogP contribution < -0.4 is 0 Å². The first kappa shape index (κ1) is 8.35. The molecule has 1 nitrogen and oxygen atoms in total. The van der Waals surface area contributed by atoms with E-state index in [-0.39, 0.29) is 0 Å². The lowest BCUT2D eigenvalue weighted by Crippen LogP contribution is -2.27. The van der Waals surface area contributed by atoms with Gasteiger partial charge in [-0.25, -0.2) is 0 Å². The van der Waals surface area contributed by atoms with Crippen molar-refractivity contribution in [3.05, 3.63) is 0 Å². The van der Waals surface area contributed by atoms with Gasteiger partial charge in [0.1, 0.15) is 0 Å². The van der Waals surface area contributed by atoms with Gasteiger partial charge in [-0.3, -0.25) is 0 Å². The summed E-state index contributed by atoms with van der Waals surface area (Å²) in [7, 11) is 0. The molecule has 0 aromatic heterocycles. The summed E-state index contributed by atoms with van der Waals surface area (Å²) in [6.45, 7) is 2.00. The summed E-state index contributed by atoms with van der Waals surface area (Å²) in [5.41, 5.74) is 0. The first-order valence-electron chi connectivity index (χ1n) is 4.07. The minimum atomic E-state index is 0.821. The predicted molar refractivity (Wildman–Crippen MR) is 43.5 cm³/mol. The Morgan fingerprint density at radius 1 is 1.20 bits per heavy atom. The fourth-order valence-corrected chi connectivity index (χ4v) is 1.34. The first-order chi connectivity index (χ1) is 4.93. The lowest BCUT2D eigenvalue weighted by atomic mass is 10.0. The Bertz CT molecular complexity index is 81.3. The van der Waals surface area contributed by atoms with Crippen LogP contribution in [0.2, 0.25) is 0 Å². The Morgan fingerprint density at radius 3 is 2.50 bits per heavy atom. The lowest BCUT2D eigenvalue weighted by molar-refractivity contribution is -0.0364. The van der Waals surface area contributed by atoms with Crippen LogP contribution >= 0.6 is 11.6 Å². The van der Waals surface area contributed by atoms with Crippen molar-refractivity contribution in [1.29, 1.82) is 0 Å². The molecule has 1 aliphatic rings. The van der Waals surface area contributed by atoms with Crippen molar-refractivity contribution in [3.8, 4) is 0 Å². The minimum absolute atomic E-state index is 0.821. The van der Waals surface area contributed by atoms with Gasteiger partial charge in [-0.1, -0.05) is 12.8 Å². The standard InChI is InChI=1S/C8H15ClO/c9-5-3-1-2-4-8-6-10-7-8/h8H,1-7H2. The molecule has 0 atom stereocenters. The van der Waals surface area contributed by atoms with E-state index in [2.05, 4.69) is 0 Å². The third-order valence-electron chi connectivity index (χ3n) is 1.95. The Kier molecular flexibility index (Phi) is 4.15. The Balaban J connectivity index is 1.76.